The van der Waals surface area contributed by atoms with Crippen molar-refractivity contribution in [2.75, 3.05) is 13.1 Å². The third-order valence-electron chi connectivity index (χ3n) is 2.19. The molecule has 0 spiro atoms. The monoisotopic (exact) mass is 153 g/mol. The minimum Gasteiger partial charge on any atom is -0.317 e. The quantitative estimate of drug-likeness (QED) is 0.570. The van der Waals surface area contributed by atoms with Gasteiger partial charge in [0, 0.05) is 0 Å². The van der Waals surface area contributed by atoms with Crippen LogP contribution in [-0.4, -0.2) is 13.1 Å². The Bertz CT molecular complexity index is 126. The van der Waals surface area contributed by atoms with Crippen molar-refractivity contribution in [3.05, 3.63) is 11.6 Å². The van der Waals surface area contributed by atoms with E-state index in [0.717, 1.165) is 5.92 Å². The first-order valence-electron chi connectivity index (χ1n) is 4.65. The lowest BCUT2D eigenvalue weighted by Crippen LogP contribution is -2.13. The molecule has 11 heavy (non-hydrogen) atoms. The van der Waals surface area contributed by atoms with Crippen molar-refractivity contribution in [1.82, 2.24) is 5.32 Å². The molecule has 1 rings (SSSR count). The largest absolute Gasteiger partial charge is 0.317 e. The molecular formula is C10H19N. The molecule has 0 aliphatic carbocycles. The Morgan fingerprint density at radius 2 is 2.09 bits per heavy atom. The maximum Gasteiger partial charge on any atom is -0.00433 e. The average molecular weight is 153 g/mol. The normalized spacial score (nSPS) is 25.8. The molecular weight excluding hydrogens is 134 g/mol. The number of hydrogen-bond acceptors (Lipinski definition) is 1. The highest BCUT2D eigenvalue weighted by atomic mass is 14.8. The van der Waals surface area contributed by atoms with Crippen molar-refractivity contribution in [3.8, 4) is 0 Å². The molecule has 1 atom stereocenters. The average Bonchev–Trinajstić information content (AvgIpc) is 2.14. The van der Waals surface area contributed by atoms with E-state index in [-0.39, 0.29) is 0 Å². The van der Waals surface area contributed by atoms with E-state index < -0.39 is 0 Å². The van der Waals surface area contributed by atoms with Gasteiger partial charge in [0.05, 0.1) is 0 Å². The van der Waals surface area contributed by atoms with Gasteiger partial charge in [-0.3, -0.25) is 0 Å². The van der Waals surface area contributed by atoms with E-state index in [1.54, 1.807) is 0 Å². The molecule has 1 aliphatic rings. The van der Waals surface area contributed by atoms with Gasteiger partial charge in [-0.1, -0.05) is 11.6 Å². The van der Waals surface area contributed by atoms with Gasteiger partial charge in [-0.15, -0.1) is 0 Å². The number of allylic oxidation sites excluding steroid dienone is 2. The van der Waals surface area contributed by atoms with Crippen LogP contribution < -0.4 is 5.32 Å². The molecule has 1 aliphatic heterocycles. The topological polar surface area (TPSA) is 12.0 Å². The van der Waals surface area contributed by atoms with Crippen LogP contribution in [0.2, 0.25) is 0 Å². The summed E-state index contributed by atoms with van der Waals surface area (Å²) in [6.07, 6.45) is 6.46. The Hall–Kier alpha value is -0.300. The molecule has 0 aromatic rings. The van der Waals surface area contributed by atoms with E-state index >= 15 is 0 Å². The lowest BCUT2D eigenvalue weighted by Gasteiger charge is -2.07. The van der Waals surface area contributed by atoms with E-state index in [4.69, 9.17) is 0 Å². The third-order valence-corrected chi connectivity index (χ3v) is 2.19. The molecule has 0 radical (unpaired) electrons. The lowest BCUT2D eigenvalue weighted by atomic mass is 9.98. The lowest BCUT2D eigenvalue weighted by molar-refractivity contribution is 0.572. The maximum absolute atomic E-state index is 3.42. The molecule has 1 nitrogen and oxygen atoms in total. The second-order valence-corrected chi connectivity index (χ2v) is 3.69. The van der Waals surface area contributed by atoms with Crippen LogP contribution in [0.1, 0.15) is 33.1 Å². The molecule has 1 fully saturated rings. The Kier molecular flexibility index (Phi) is 3.64. The van der Waals surface area contributed by atoms with Gasteiger partial charge < -0.3 is 5.32 Å². The van der Waals surface area contributed by atoms with E-state index in [1.165, 1.54) is 37.9 Å². The summed E-state index contributed by atoms with van der Waals surface area (Å²) < 4.78 is 0. The smallest absolute Gasteiger partial charge is 0.00433 e. The molecule has 0 bridgehead atoms. The summed E-state index contributed by atoms with van der Waals surface area (Å²) in [5, 5.41) is 3.42. The molecule has 0 aromatic carbocycles. The van der Waals surface area contributed by atoms with Gasteiger partial charge >= 0.3 is 0 Å². The summed E-state index contributed by atoms with van der Waals surface area (Å²) in [7, 11) is 0. The zero-order valence-electron chi connectivity index (χ0n) is 7.69. The van der Waals surface area contributed by atoms with Crippen LogP contribution in [0.5, 0.6) is 0 Å². The summed E-state index contributed by atoms with van der Waals surface area (Å²) in [4.78, 5) is 0. The van der Waals surface area contributed by atoms with Crippen LogP contribution in [0.3, 0.4) is 0 Å². The Morgan fingerprint density at radius 1 is 1.27 bits per heavy atom. The van der Waals surface area contributed by atoms with Gasteiger partial charge in [0.1, 0.15) is 0 Å². The summed E-state index contributed by atoms with van der Waals surface area (Å²) in [6.45, 7) is 6.80. The van der Waals surface area contributed by atoms with Crippen LogP contribution in [0, 0.1) is 5.92 Å². The summed E-state index contributed by atoms with van der Waals surface area (Å²) in [5.74, 6) is 0.843. The van der Waals surface area contributed by atoms with E-state index in [2.05, 4.69) is 25.2 Å². The highest BCUT2D eigenvalue weighted by Gasteiger charge is 2.07. The van der Waals surface area contributed by atoms with Crippen molar-refractivity contribution in [3.63, 3.8) is 0 Å². The summed E-state index contributed by atoms with van der Waals surface area (Å²) in [6, 6.07) is 0. The molecule has 0 saturated carbocycles. The zero-order chi connectivity index (χ0) is 8.10. The number of rotatable bonds is 1. The molecule has 0 amide bonds. The minimum absolute atomic E-state index is 0.843. The zero-order valence-corrected chi connectivity index (χ0v) is 7.69. The molecule has 1 N–H and O–H groups in total. The van der Waals surface area contributed by atoms with Gasteiger partial charge in [-0.25, -0.2) is 0 Å². The predicted molar refractivity (Wildman–Crippen MR) is 49.6 cm³/mol. The fraction of sp³-hybridized carbons (Fsp3) is 0.800. The van der Waals surface area contributed by atoms with Crippen molar-refractivity contribution >= 4 is 0 Å². The Labute approximate surface area is 69.9 Å². The summed E-state index contributed by atoms with van der Waals surface area (Å²) >= 11 is 0. The summed E-state index contributed by atoms with van der Waals surface area (Å²) in [5.41, 5.74) is 1.47. The second-order valence-electron chi connectivity index (χ2n) is 3.69. The highest BCUT2D eigenvalue weighted by Crippen LogP contribution is 2.16. The number of hydrogen-bond donors (Lipinski definition) is 1. The van der Waals surface area contributed by atoms with Crippen LogP contribution >= 0.6 is 0 Å². The molecule has 1 saturated heterocycles. The van der Waals surface area contributed by atoms with Gasteiger partial charge in [0.2, 0.25) is 0 Å². The van der Waals surface area contributed by atoms with Crippen molar-refractivity contribution in [1.29, 1.82) is 0 Å². The van der Waals surface area contributed by atoms with Gasteiger partial charge in [-0.2, -0.15) is 0 Å². The Morgan fingerprint density at radius 3 is 2.82 bits per heavy atom. The second kappa shape index (κ2) is 4.55. The van der Waals surface area contributed by atoms with Gasteiger partial charge in [0.15, 0.2) is 0 Å². The van der Waals surface area contributed by atoms with E-state index in [1.807, 2.05) is 0 Å². The first kappa shape index (κ1) is 8.79. The van der Waals surface area contributed by atoms with Crippen molar-refractivity contribution < 1.29 is 0 Å². The fourth-order valence-electron chi connectivity index (χ4n) is 1.68. The van der Waals surface area contributed by atoms with Crippen LogP contribution in [-0.2, 0) is 0 Å². The molecule has 1 heteroatoms. The fourth-order valence-corrected chi connectivity index (χ4v) is 1.68. The number of nitrogens with one attached hydrogen (secondary N) is 1. The molecule has 1 heterocycles. The van der Waals surface area contributed by atoms with Gasteiger partial charge in [0.25, 0.3) is 0 Å². The first-order chi connectivity index (χ1) is 5.29. The maximum atomic E-state index is 3.42. The standard InChI is InChI=1S/C10H19N/c1-9(2)8-10-4-3-6-11-7-5-10/h8,10-11H,3-7H2,1-2H3. The first-order valence-corrected chi connectivity index (χ1v) is 4.65. The minimum atomic E-state index is 0.843. The molecule has 64 valence electrons. The van der Waals surface area contributed by atoms with Gasteiger partial charge in [-0.05, 0) is 52.1 Å². The SMILES string of the molecule is CC(C)=CC1CCCNCC1. The van der Waals surface area contributed by atoms with E-state index in [0.29, 0.717) is 0 Å². The molecule has 1 unspecified atom stereocenters. The predicted octanol–water partition coefficient (Wildman–Crippen LogP) is 2.34. The Balaban J connectivity index is 2.37. The van der Waals surface area contributed by atoms with E-state index in [9.17, 15) is 0 Å². The van der Waals surface area contributed by atoms with Crippen molar-refractivity contribution in [2.24, 2.45) is 5.92 Å². The van der Waals surface area contributed by atoms with Crippen LogP contribution in [0.4, 0.5) is 0 Å². The molecule has 0 aromatic heterocycles. The van der Waals surface area contributed by atoms with Crippen molar-refractivity contribution in [2.45, 2.75) is 33.1 Å². The van der Waals surface area contributed by atoms with Crippen LogP contribution in [0.25, 0.3) is 0 Å². The third kappa shape index (κ3) is 3.57. The van der Waals surface area contributed by atoms with Crippen LogP contribution in [0.15, 0.2) is 11.6 Å². The highest BCUT2D eigenvalue weighted by molar-refractivity contribution is 4.97.